The lowest BCUT2D eigenvalue weighted by Crippen LogP contribution is -2.04. The van der Waals surface area contributed by atoms with Gasteiger partial charge in [-0.3, -0.25) is 0 Å². The van der Waals surface area contributed by atoms with Crippen LogP contribution in [-0.2, 0) is 4.74 Å². The van der Waals surface area contributed by atoms with Gasteiger partial charge in [-0.05, 0) is 31.2 Å². The molecule has 1 aromatic rings. The molecule has 0 spiro atoms. The summed E-state index contributed by atoms with van der Waals surface area (Å²) in [5.41, 5.74) is 1.13. The third-order valence-electron chi connectivity index (χ3n) is 2.07. The minimum Gasteiger partial charge on any atom is -0.491 e. The van der Waals surface area contributed by atoms with E-state index >= 15 is 0 Å². The van der Waals surface area contributed by atoms with Crippen LogP contribution >= 0.6 is 0 Å². The van der Waals surface area contributed by atoms with Crippen molar-refractivity contribution in [2.24, 2.45) is 0 Å². The van der Waals surface area contributed by atoms with Gasteiger partial charge in [0.15, 0.2) is 0 Å². The average molecular weight is 193 g/mol. The van der Waals surface area contributed by atoms with E-state index in [0.29, 0.717) is 12.7 Å². The fourth-order valence-corrected chi connectivity index (χ4v) is 1.23. The Morgan fingerprint density at radius 1 is 1.43 bits per heavy atom. The number of epoxide rings is 1. The number of ether oxygens (including phenoxy) is 2. The Bertz CT molecular complexity index is 280. The van der Waals surface area contributed by atoms with E-state index < -0.39 is 0 Å². The highest BCUT2D eigenvalue weighted by Crippen LogP contribution is 2.17. The molecule has 3 heteroatoms. The van der Waals surface area contributed by atoms with Crippen LogP contribution in [0.25, 0.3) is 0 Å². The average Bonchev–Trinajstić information content (AvgIpc) is 3.01. The first kappa shape index (κ1) is 9.34. The number of nitrogens with one attached hydrogen (secondary N) is 1. The second-order valence-corrected chi connectivity index (χ2v) is 3.32. The first-order valence-electron chi connectivity index (χ1n) is 4.97. The van der Waals surface area contributed by atoms with Crippen LogP contribution in [0.4, 0.5) is 5.69 Å². The summed E-state index contributed by atoms with van der Waals surface area (Å²) in [6, 6.07) is 7.99. The second kappa shape index (κ2) is 4.33. The molecule has 0 aromatic heterocycles. The third-order valence-corrected chi connectivity index (χ3v) is 2.07. The van der Waals surface area contributed by atoms with Crippen LogP contribution < -0.4 is 10.1 Å². The van der Waals surface area contributed by atoms with E-state index in [1.807, 2.05) is 24.3 Å². The summed E-state index contributed by atoms with van der Waals surface area (Å²) in [5.74, 6) is 0.905. The van der Waals surface area contributed by atoms with E-state index in [1.165, 1.54) is 0 Å². The lowest BCUT2D eigenvalue weighted by atomic mass is 10.3. The summed E-state index contributed by atoms with van der Waals surface area (Å²) >= 11 is 0. The van der Waals surface area contributed by atoms with Crippen LogP contribution in [0.2, 0.25) is 0 Å². The standard InChI is InChI=1S/C11H15NO2/c1-2-12-9-3-5-10(6-4-9)13-7-11-8-14-11/h3-6,11-12H,2,7-8H2,1H3. The zero-order valence-electron chi connectivity index (χ0n) is 8.32. The molecule has 0 amide bonds. The summed E-state index contributed by atoms with van der Waals surface area (Å²) in [6.45, 7) is 4.53. The maximum absolute atomic E-state index is 5.51. The number of hydrogen-bond donors (Lipinski definition) is 1. The Morgan fingerprint density at radius 3 is 2.71 bits per heavy atom. The highest BCUT2D eigenvalue weighted by molar-refractivity contribution is 5.46. The molecule has 1 aliphatic rings. The monoisotopic (exact) mass is 193 g/mol. The van der Waals surface area contributed by atoms with E-state index in [0.717, 1.165) is 24.6 Å². The quantitative estimate of drug-likeness (QED) is 0.725. The highest BCUT2D eigenvalue weighted by atomic mass is 16.6. The normalized spacial score (nSPS) is 19.1. The van der Waals surface area contributed by atoms with Crippen LogP contribution in [0.1, 0.15) is 6.92 Å². The van der Waals surface area contributed by atoms with E-state index in [-0.39, 0.29) is 0 Å². The smallest absolute Gasteiger partial charge is 0.119 e. The fourth-order valence-electron chi connectivity index (χ4n) is 1.23. The van der Waals surface area contributed by atoms with Crippen molar-refractivity contribution in [3.8, 4) is 5.75 Å². The van der Waals surface area contributed by atoms with Crippen LogP contribution in [0, 0.1) is 0 Å². The van der Waals surface area contributed by atoms with Crippen molar-refractivity contribution in [2.75, 3.05) is 25.1 Å². The minimum atomic E-state index is 0.323. The molecule has 3 nitrogen and oxygen atoms in total. The van der Waals surface area contributed by atoms with Gasteiger partial charge in [0.2, 0.25) is 0 Å². The number of rotatable bonds is 5. The topological polar surface area (TPSA) is 33.8 Å². The van der Waals surface area contributed by atoms with E-state index in [9.17, 15) is 0 Å². The molecule has 14 heavy (non-hydrogen) atoms. The van der Waals surface area contributed by atoms with Crippen LogP contribution in [0.5, 0.6) is 5.75 Å². The number of anilines is 1. The van der Waals surface area contributed by atoms with Crippen molar-refractivity contribution in [3.05, 3.63) is 24.3 Å². The molecular weight excluding hydrogens is 178 g/mol. The zero-order valence-corrected chi connectivity index (χ0v) is 8.32. The van der Waals surface area contributed by atoms with Gasteiger partial charge >= 0.3 is 0 Å². The van der Waals surface area contributed by atoms with Crippen LogP contribution in [0.15, 0.2) is 24.3 Å². The Labute approximate surface area is 84.0 Å². The van der Waals surface area contributed by atoms with Gasteiger partial charge in [-0.15, -0.1) is 0 Å². The predicted molar refractivity (Wildman–Crippen MR) is 55.8 cm³/mol. The maximum atomic E-state index is 5.51. The molecule has 2 rings (SSSR count). The molecule has 1 aliphatic heterocycles. The Kier molecular flexibility index (Phi) is 2.89. The molecule has 1 atom stereocenters. The van der Waals surface area contributed by atoms with Crippen molar-refractivity contribution < 1.29 is 9.47 Å². The largest absolute Gasteiger partial charge is 0.491 e. The number of benzene rings is 1. The summed E-state index contributed by atoms with van der Waals surface area (Å²) in [6.07, 6.45) is 0.323. The predicted octanol–water partition coefficient (Wildman–Crippen LogP) is 1.90. The molecule has 0 radical (unpaired) electrons. The molecular formula is C11H15NO2. The van der Waals surface area contributed by atoms with Crippen molar-refractivity contribution in [1.82, 2.24) is 0 Å². The zero-order chi connectivity index (χ0) is 9.80. The first-order chi connectivity index (χ1) is 6.88. The van der Waals surface area contributed by atoms with Gasteiger partial charge in [0, 0.05) is 12.2 Å². The van der Waals surface area contributed by atoms with E-state index in [4.69, 9.17) is 9.47 Å². The lowest BCUT2D eigenvalue weighted by molar-refractivity contribution is 0.263. The molecule has 0 saturated carbocycles. The van der Waals surface area contributed by atoms with Crippen molar-refractivity contribution >= 4 is 5.69 Å². The van der Waals surface area contributed by atoms with Crippen LogP contribution in [0.3, 0.4) is 0 Å². The van der Waals surface area contributed by atoms with E-state index in [1.54, 1.807) is 0 Å². The molecule has 1 aromatic carbocycles. The molecule has 76 valence electrons. The highest BCUT2D eigenvalue weighted by Gasteiger charge is 2.22. The molecule has 1 N–H and O–H groups in total. The van der Waals surface area contributed by atoms with Crippen molar-refractivity contribution in [1.29, 1.82) is 0 Å². The van der Waals surface area contributed by atoms with Gasteiger partial charge in [-0.2, -0.15) is 0 Å². The molecule has 1 fully saturated rings. The Morgan fingerprint density at radius 2 is 2.14 bits per heavy atom. The first-order valence-corrected chi connectivity index (χ1v) is 4.97. The molecule has 0 aliphatic carbocycles. The Balaban J connectivity index is 1.84. The molecule has 1 saturated heterocycles. The minimum absolute atomic E-state index is 0.323. The van der Waals surface area contributed by atoms with Crippen molar-refractivity contribution in [3.63, 3.8) is 0 Å². The van der Waals surface area contributed by atoms with Gasteiger partial charge in [-0.1, -0.05) is 0 Å². The van der Waals surface area contributed by atoms with Crippen molar-refractivity contribution in [2.45, 2.75) is 13.0 Å². The summed E-state index contributed by atoms with van der Waals surface area (Å²) < 4.78 is 10.6. The van der Waals surface area contributed by atoms with Gasteiger partial charge in [0.1, 0.15) is 18.5 Å². The van der Waals surface area contributed by atoms with Gasteiger partial charge in [0.05, 0.1) is 6.61 Å². The van der Waals surface area contributed by atoms with Gasteiger partial charge < -0.3 is 14.8 Å². The molecule has 0 bridgehead atoms. The lowest BCUT2D eigenvalue weighted by Gasteiger charge is -2.06. The second-order valence-electron chi connectivity index (χ2n) is 3.32. The van der Waals surface area contributed by atoms with Gasteiger partial charge in [-0.25, -0.2) is 0 Å². The van der Waals surface area contributed by atoms with Gasteiger partial charge in [0.25, 0.3) is 0 Å². The summed E-state index contributed by atoms with van der Waals surface area (Å²) in [7, 11) is 0. The summed E-state index contributed by atoms with van der Waals surface area (Å²) in [4.78, 5) is 0. The van der Waals surface area contributed by atoms with Crippen LogP contribution in [-0.4, -0.2) is 25.9 Å². The SMILES string of the molecule is CCNc1ccc(OCC2CO2)cc1. The fraction of sp³-hybridized carbons (Fsp3) is 0.455. The van der Waals surface area contributed by atoms with E-state index in [2.05, 4.69) is 12.2 Å². The molecule has 1 heterocycles. The maximum Gasteiger partial charge on any atom is 0.119 e. The Hall–Kier alpha value is -1.22. The molecule has 1 unspecified atom stereocenters. The third kappa shape index (κ3) is 2.64. The number of hydrogen-bond acceptors (Lipinski definition) is 3. The summed E-state index contributed by atoms with van der Waals surface area (Å²) in [5, 5.41) is 3.23.